The molecule has 3 aliphatic heterocycles. The number of benzene rings is 1. The SMILES string of the molecule is O=C1CCC(N2Cc3cc(C[C@H]4OCCC[C@@H]4N[C@H]4CC[C@@H](F)CC4)ccc3C2=O)C(=O)N1. The number of hydrogen-bond donors (Lipinski definition) is 2. The van der Waals surface area contributed by atoms with Gasteiger partial charge in [0.2, 0.25) is 11.8 Å². The van der Waals surface area contributed by atoms with Gasteiger partial charge in [0.1, 0.15) is 12.2 Å². The van der Waals surface area contributed by atoms with E-state index in [2.05, 4.69) is 16.7 Å². The first-order chi connectivity index (χ1) is 16.0. The van der Waals surface area contributed by atoms with Crippen LogP contribution in [-0.4, -0.2) is 59.6 Å². The maximum absolute atomic E-state index is 13.5. The molecule has 1 aromatic carbocycles. The third-order valence-electron chi connectivity index (χ3n) is 7.57. The highest BCUT2D eigenvalue weighted by atomic mass is 19.1. The maximum Gasteiger partial charge on any atom is 0.255 e. The third-order valence-corrected chi connectivity index (χ3v) is 7.57. The van der Waals surface area contributed by atoms with Gasteiger partial charge in [-0.25, -0.2) is 4.39 Å². The first kappa shape index (κ1) is 22.5. The lowest BCUT2D eigenvalue weighted by Crippen LogP contribution is -2.52. The van der Waals surface area contributed by atoms with Gasteiger partial charge >= 0.3 is 0 Å². The summed E-state index contributed by atoms with van der Waals surface area (Å²) in [4.78, 5) is 38.2. The lowest BCUT2D eigenvalue weighted by molar-refractivity contribution is -0.136. The Morgan fingerprint density at radius 1 is 1.09 bits per heavy atom. The molecule has 1 aromatic rings. The predicted molar refractivity (Wildman–Crippen MR) is 119 cm³/mol. The molecule has 3 amide bonds. The molecule has 0 aromatic heterocycles. The molecular weight excluding hydrogens is 425 g/mol. The van der Waals surface area contributed by atoms with Crippen molar-refractivity contribution in [3.8, 4) is 0 Å². The van der Waals surface area contributed by atoms with Gasteiger partial charge in [-0.3, -0.25) is 19.7 Å². The van der Waals surface area contributed by atoms with E-state index in [1.807, 2.05) is 12.1 Å². The molecule has 1 saturated carbocycles. The maximum atomic E-state index is 13.5. The summed E-state index contributed by atoms with van der Waals surface area (Å²) in [7, 11) is 0. The van der Waals surface area contributed by atoms with Crippen molar-refractivity contribution >= 4 is 17.7 Å². The Balaban J connectivity index is 1.24. The zero-order valence-corrected chi connectivity index (χ0v) is 18.9. The van der Waals surface area contributed by atoms with Crippen molar-refractivity contribution in [3.05, 3.63) is 34.9 Å². The summed E-state index contributed by atoms with van der Waals surface area (Å²) in [6.07, 6.45) is 5.85. The van der Waals surface area contributed by atoms with E-state index in [1.165, 1.54) is 0 Å². The summed E-state index contributed by atoms with van der Waals surface area (Å²) >= 11 is 0. The standard InChI is InChI=1S/C25H32FN3O4/c26-17-4-6-18(7-5-17)27-20-2-1-11-33-22(20)13-15-3-8-19-16(12-15)14-29(25(19)32)21-9-10-23(30)28-24(21)31/h3,8,12,17-18,20-22,27H,1-2,4-7,9-11,13-14H2,(H,28,30,31)/t17-,18+,20-,21?,22+/m0/s1. The Hall–Kier alpha value is -2.32. The minimum Gasteiger partial charge on any atom is -0.376 e. The van der Waals surface area contributed by atoms with Gasteiger partial charge in [-0.05, 0) is 62.1 Å². The second-order valence-corrected chi connectivity index (χ2v) is 9.87. The molecule has 0 bridgehead atoms. The normalized spacial score (nSPS) is 32.6. The Morgan fingerprint density at radius 2 is 1.91 bits per heavy atom. The largest absolute Gasteiger partial charge is 0.376 e. The molecule has 1 unspecified atom stereocenters. The molecule has 5 rings (SSSR count). The number of amides is 3. The first-order valence-corrected chi connectivity index (χ1v) is 12.3. The van der Waals surface area contributed by atoms with Gasteiger partial charge in [0, 0.05) is 43.6 Å². The molecule has 4 aliphatic rings. The summed E-state index contributed by atoms with van der Waals surface area (Å²) in [5.41, 5.74) is 2.66. The molecule has 0 spiro atoms. The van der Waals surface area contributed by atoms with Crippen LogP contribution in [0.4, 0.5) is 4.39 Å². The molecule has 7 nitrogen and oxygen atoms in total. The van der Waals surface area contributed by atoms with Crippen LogP contribution < -0.4 is 10.6 Å². The first-order valence-electron chi connectivity index (χ1n) is 12.3. The van der Waals surface area contributed by atoms with E-state index in [9.17, 15) is 18.8 Å². The zero-order chi connectivity index (χ0) is 22.9. The van der Waals surface area contributed by atoms with E-state index < -0.39 is 12.2 Å². The van der Waals surface area contributed by atoms with E-state index in [0.717, 1.165) is 49.8 Å². The third kappa shape index (κ3) is 4.82. The van der Waals surface area contributed by atoms with Crippen molar-refractivity contribution in [2.75, 3.05) is 6.61 Å². The second-order valence-electron chi connectivity index (χ2n) is 9.87. The number of ether oxygens (including phenoxy) is 1. The lowest BCUT2D eigenvalue weighted by atomic mass is 9.90. The highest BCUT2D eigenvalue weighted by Gasteiger charge is 2.39. The van der Waals surface area contributed by atoms with Crippen LogP contribution in [0.15, 0.2) is 18.2 Å². The number of nitrogens with zero attached hydrogens (tertiary/aromatic N) is 1. The summed E-state index contributed by atoms with van der Waals surface area (Å²) in [5.74, 6) is -0.821. The molecular formula is C25H32FN3O4. The van der Waals surface area contributed by atoms with Crippen molar-refractivity contribution in [3.63, 3.8) is 0 Å². The van der Waals surface area contributed by atoms with E-state index in [1.54, 1.807) is 4.90 Å². The van der Waals surface area contributed by atoms with Crippen molar-refractivity contribution in [1.82, 2.24) is 15.5 Å². The van der Waals surface area contributed by atoms with Gasteiger partial charge in [0.15, 0.2) is 0 Å². The monoisotopic (exact) mass is 457 g/mol. The average Bonchev–Trinajstić information content (AvgIpc) is 3.12. The van der Waals surface area contributed by atoms with Crippen molar-refractivity contribution in [2.45, 2.75) is 94.7 Å². The van der Waals surface area contributed by atoms with Crippen molar-refractivity contribution in [1.29, 1.82) is 0 Å². The molecule has 3 heterocycles. The summed E-state index contributed by atoms with van der Waals surface area (Å²) in [5, 5.41) is 6.08. The fraction of sp³-hybridized carbons (Fsp3) is 0.640. The fourth-order valence-corrected chi connectivity index (χ4v) is 5.74. The van der Waals surface area contributed by atoms with E-state index in [0.29, 0.717) is 37.4 Å². The summed E-state index contributed by atoms with van der Waals surface area (Å²) in [6.45, 7) is 1.13. The van der Waals surface area contributed by atoms with Crippen LogP contribution in [0.2, 0.25) is 0 Å². The van der Waals surface area contributed by atoms with Gasteiger partial charge in [0.25, 0.3) is 5.91 Å². The van der Waals surface area contributed by atoms with Crippen LogP contribution in [0.5, 0.6) is 0 Å². The number of alkyl halides is 1. The highest BCUT2D eigenvalue weighted by molar-refractivity contribution is 6.05. The Bertz CT molecular complexity index is 930. The number of imide groups is 1. The Morgan fingerprint density at radius 3 is 2.70 bits per heavy atom. The number of halogens is 1. The molecule has 3 atom stereocenters. The molecule has 1 aliphatic carbocycles. The lowest BCUT2D eigenvalue weighted by Gasteiger charge is -2.37. The molecule has 2 saturated heterocycles. The molecule has 178 valence electrons. The van der Waals surface area contributed by atoms with Crippen molar-refractivity contribution < 1.29 is 23.5 Å². The minimum absolute atomic E-state index is 0.0447. The van der Waals surface area contributed by atoms with Crippen LogP contribution in [0.1, 0.15) is 72.9 Å². The van der Waals surface area contributed by atoms with Gasteiger partial charge in [-0.15, -0.1) is 0 Å². The van der Waals surface area contributed by atoms with Crippen LogP contribution in [-0.2, 0) is 27.3 Å². The molecule has 0 radical (unpaired) electrons. The smallest absolute Gasteiger partial charge is 0.255 e. The topological polar surface area (TPSA) is 87.7 Å². The van der Waals surface area contributed by atoms with Crippen LogP contribution in [0.3, 0.4) is 0 Å². The van der Waals surface area contributed by atoms with Gasteiger partial charge in [-0.1, -0.05) is 12.1 Å². The van der Waals surface area contributed by atoms with Crippen LogP contribution >= 0.6 is 0 Å². The second kappa shape index (κ2) is 9.50. The number of carbonyl (C=O) groups is 3. The minimum atomic E-state index is -0.657. The highest BCUT2D eigenvalue weighted by Crippen LogP contribution is 2.30. The summed E-state index contributed by atoms with van der Waals surface area (Å²) in [6, 6.07) is 5.89. The fourth-order valence-electron chi connectivity index (χ4n) is 5.74. The average molecular weight is 458 g/mol. The van der Waals surface area contributed by atoms with Gasteiger partial charge < -0.3 is 15.0 Å². The van der Waals surface area contributed by atoms with Crippen LogP contribution in [0.25, 0.3) is 0 Å². The predicted octanol–water partition coefficient (Wildman–Crippen LogP) is 2.41. The number of carbonyl (C=O) groups excluding carboxylic acids is 3. The van der Waals surface area contributed by atoms with Gasteiger partial charge in [-0.2, -0.15) is 0 Å². The van der Waals surface area contributed by atoms with E-state index >= 15 is 0 Å². The molecule has 33 heavy (non-hydrogen) atoms. The molecule has 8 heteroatoms. The van der Waals surface area contributed by atoms with Gasteiger partial charge in [0.05, 0.1) is 6.10 Å². The Kier molecular flexibility index (Phi) is 6.47. The Labute approximate surface area is 193 Å². The quantitative estimate of drug-likeness (QED) is 0.663. The number of nitrogens with one attached hydrogen (secondary N) is 2. The van der Waals surface area contributed by atoms with E-state index in [-0.39, 0.29) is 36.3 Å². The number of fused-ring (bicyclic) bond motifs is 1. The number of piperidine rings is 1. The van der Waals surface area contributed by atoms with Crippen LogP contribution in [0, 0.1) is 0 Å². The summed E-state index contributed by atoms with van der Waals surface area (Å²) < 4.78 is 19.6. The molecule has 2 N–H and O–H groups in total. The van der Waals surface area contributed by atoms with Crippen molar-refractivity contribution in [2.24, 2.45) is 0 Å². The molecule has 3 fully saturated rings. The zero-order valence-electron chi connectivity index (χ0n) is 18.9. The number of rotatable bonds is 5. The van der Waals surface area contributed by atoms with E-state index in [4.69, 9.17) is 4.74 Å². The number of hydrogen-bond acceptors (Lipinski definition) is 5.